The van der Waals surface area contributed by atoms with Crippen LogP contribution in [-0.4, -0.2) is 50.3 Å². The molecule has 0 N–H and O–H groups in total. The normalized spacial score (nSPS) is 16.9. The molecule has 6 heterocycles. The molecule has 0 unspecified atom stereocenters. The summed E-state index contributed by atoms with van der Waals surface area (Å²) in [5.74, 6) is 0. The average Bonchev–Trinajstić information content (AvgIpc) is 4.12. The van der Waals surface area contributed by atoms with Crippen LogP contribution >= 0.6 is 7.81 Å². The first-order chi connectivity index (χ1) is 30.6. The van der Waals surface area contributed by atoms with Crippen molar-refractivity contribution in [3.63, 3.8) is 0 Å². The van der Waals surface area contributed by atoms with Gasteiger partial charge in [-0.15, -0.1) is 0 Å². The first-order valence-corrected chi connectivity index (χ1v) is 26.5. The van der Waals surface area contributed by atoms with Crippen LogP contribution in [0.3, 0.4) is 0 Å². The van der Waals surface area contributed by atoms with Crippen LogP contribution in [0.5, 0.6) is 0 Å². The van der Waals surface area contributed by atoms with Gasteiger partial charge in [-0.2, -0.15) is 0 Å². The second kappa shape index (κ2) is 16.1. The van der Waals surface area contributed by atoms with E-state index in [0.29, 0.717) is 0 Å². The van der Waals surface area contributed by atoms with E-state index in [0.717, 1.165) is 89.4 Å². The predicted molar refractivity (Wildman–Crippen MR) is 247 cm³/mol. The number of hydrogen-bond donors (Lipinski definition) is 0. The number of nitrogens with zero attached hydrogens (tertiary/aromatic N) is 4. The molecule has 0 saturated heterocycles. The molecule has 14 heteroatoms. The molecular weight excluding hydrogens is 955 g/mol. The fourth-order valence-electron chi connectivity index (χ4n) is 8.22. The molecule has 4 aliphatic rings. The number of rotatable bonds is 10. The van der Waals surface area contributed by atoms with Crippen LogP contribution in [-0.2, 0) is 6.03 Å². The van der Waals surface area contributed by atoms with E-state index in [4.69, 9.17) is 16.0 Å². The van der Waals surface area contributed by atoms with Crippen LogP contribution in [0.25, 0.3) is 22.3 Å². The van der Waals surface area contributed by atoms with Crippen molar-refractivity contribution >= 4 is 61.7 Å². The fraction of sp³-hybridized carbons (Fsp3) is 0.0400. The van der Waals surface area contributed by atoms with E-state index < -0.39 is 28.0 Å². The van der Waals surface area contributed by atoms with Gasteiger partial charge in [-0.3, -0.25) is 0 Å². The van der Waals surface area contributed by atoms with Gasteiger partial charge in [0.1, 0.15) is 0 Å². The Morgan fingerprint density at radius 2 is 0.781 bits per heavy atom. The van der Waals surface area contributed by atoms with E-state index in [1.165, 1.54) is 0 Å². The summed E-state index contributed by atoms with van der Waals surface area (Å²) < 4.78 is 79.1. The van der Waals surface area contributed by atoms with Crippen LogP contribution in [0.15, 0.2) is 217 Å². The van der Waals surface area contributed by atoms with Gasteiger partial charge in [0.05, 0.1) is 0 Å². The van der Waals surface area contributed by atoms with Crippen LogP contribution in [0.2, 0.25) is 0 Å². The fourth-order valence-corrected chi connectivity index (χ4v) is 17.0. The number of fused-ring (bicyclic) bond motifs is 2. The van der Waals surface area contributed by atoms with E-state index in [9.17, 15) is 25.2 Å². The molecule has 4 aromatic carbocycles. The molecule has 6 bridgehead atoms. The Morgan fingerprint density at radius 1 is 0.453 bits per heavy atom. The van der Waals surface area contributed by atoms with Crippen molar-refractivity contribution in [3.05, 3.63) is 251 Å². The van der Waals surface area contributed by atoms with Gasteiger partial charge >= 0.3 is 373 Å². The molecule has 2 aromatic heterocycles. The average molecular weight is 994 g/mol. The van der Waals surface area contributed by atoms with Gasteiger partial charge in [0, 0.05) is 0 Å². The Hall–Kier alpha value is -6.29. The minimum atomic E-state index is -10.7. The molecule has 6 nitrogen and oxygen atoms in total. The number of aliphatic imine (C=N–C) groups is 2. The van der Waals surface area contributed by atoms with E-state index in [2.05, 4.69) is 189 Å². The number of hydrogen-bond acceptors (Lipinski definition) is 4. The molecule has 0 atom stereocenters. The number of aromatic nitrogens is 2. The third-order valence-corrected chi connectivity index (χ3v) is 18.6. The number of benzene rings is 4. The third kappa shape index (κ3) is 8.54. The molecule has 0 fully saturated rings. The van der Waals surface area contributed by atoms with Crippen molar-refractivity contribution < 1.29 is 31.2 Å². The number of halogens is 6. The topological polar surface area (TPSA) is 53.0 Å². The third-order valence-electron chi connectivity index (χ3n) is 10.5. The maximum atomic E-state index is 9.87. The molecular formula is C50H38F6N4O2PSb. The van der Waals surface area contributed by atoms with E-state index >= 15 is 0 Å². The first kappa shape index (κ1) is 43.0. The van der Waals surface area contributed by atoms with Crippen LogP contribution in [0, 0.1) is 0 Å². The summed E-state index contributed by atoms with van der Waals surface area (Å²) in [5.41, 5.74) is 13.4. The SMILES string of the molecule is C=CC[O][Sb+]1([O]CC=C)[n]2c3ccc2C(c2ccccc2)=C2C=CC(=N2)C(c2ccccc2)=c2ccc([n]21)=C(c1ccccc1)C1=NC(=C3c2ccccc2)C=C1.F[P-](F)(F)(F)(F)F. The van der Waals surface area contributed by atoms with Gasteiger partial charge in [0.2, 0.25) is 0 Å². The van der Waals surface area contributed by atoms with Crippen LogP contribution in [0.1, 0.15) is 33.6 Å². The zero-order valence-corrected chi connectivity index (χ0v) is 37.4. The van der Waals surface area contributed by atoms with Gasteiger partial charge in [-0.25, -0.2) is 0 Å². The summed E-state index contributed by atoms with van der Waals surface area (Å²) in [5, 5.41) is 1.88. The molecule has 10 rings (SSSR count). The molecule has 6 aromatic rings. The van der Waals surface area contributed by atoms with Crippen LogP contribution < -0.4 is 10.7 Å². The van der Waals surface area contributed by atoms with Crippen molar-refractivity contribution in [2.45, 2.75) is 0 Å². The maximum absolute atomic E-state index is 10.7. The van der Waals surface area contributed by atoms with Gasteiger partial charge in [0.15, 0.2) is 0 Å². The molecule has 0 radical (unpaired) electrons. The molecule has 64 heavy (non-hydrogen) atoms. The summed E-state index contributed by atoms with van der Waals surface area (Å²) in [6, 6.07) is 50.9. The summed E-state index contributed by atoms with van der Waals surface area (Å²) in [7, 11) is -10.7. The van der Waals surface area contributed by atoms with Crippen molar-refractivity contribution in [3.8, 4) is 0 Å². The summed E-state index contributed by atoms with van der Waals surface area (Å²) in [4.78, 5) is 11.0. The van der Waals surface area contributed by atoms with Crippen molar-refractivity contribution in [1.29, 1.82) is 0 Å². The standard InChI is InChI=1S/C44H28N4.2C3H5O.F6P.Sb/c1-5-13-29(14-6-1)41-33-21-23-35(45-33)42(30-15-7-2-8-16-30)37-25-27-39(47-37)44(32-19-11-4-12-20-32)40-28-26-38(48-40)43(31-17-9-3-10-18-31)36-24-22-34(41)46-36;2*1-2-3-4;1-7(2,3,4,5)6;/h1-28H;2*2H,1,3H2;;/q-2;3*-1;+5. The second-order valence-corrected chi connectivity index (χ2v) is 23.3. The zero-order chi connectivity index (χ0) is 44.8. The Bertz CT molecular complexity index is 2970. The van der Waals surface area contributed by atoms with Crippen LogP contribution in [0.4, 0.5) is 25.2 Å². The monoisotopic (exact) mass is 992 g/mol. The van der Waals surface area contributed by atoms with Crippen molar-refractivity contribution in [2.75, 3.05) is 13.2 Å². The second-order valence-electron chi connectivity index (χ2n) is 14.8. The quantitative estimate of drug-likeness (QED) is 0.0594. The summed E-state index contributed by atoms with van der Waals surface area (Å²) >= 11 is -5.11. The molecule has 4 aliphatic heterocycles. The minimum absolute atomic E-state index is 0.255. The number of allylic oxidation sites excluding steroid dienone is 4. The van der Waals surface area contributed by atoms with Gasteiger partial charge in [-0.1, -0.05) is 0 Å². The Labute approximate surface area is 370 Å². The molecule has 0 amide bonds. The Kier molecular flexibility index (Phi) is 10.8. The molecule has 0 saturated carbocycles. The molecule has 322 valence electrons. The van der Waals surface area contributed by atoms with Gasteiger partial charge in [0.25, 0.3) is 0 Å². The summed E-state index contributed by atoms with van der Waals surface area (Å²) in [6.07, 6.45) is 12.2. The van der Waals surface area contributed by atoms with E-state index in [-0.39, 0.29) is 13.2 Å². The van der Waals surface area contributed by atoms with Gasteiger partial charge in [-0.05, 0) is 0 Å². The summed E-state index contributed by atoms with van der Waals surface area (Å²) in [6.45, 7) is 8.86. The Balaban J connectivity index is 0.000000686. The predicted octanol–water partition coefficient (Wildman–Crippen LogP) is 11.9. The van der Waals surface area contributed by atoms with Gasteiger partial charge < -0.3 is 0 Å². The van der Waals surface area contributed by atoms with E-state index in [1.54, 1.807) is 0 Å². The van der Waals surface area contributed by atoms with Crippen molar-refractivity contribution in [2.24, 2.45) is 9.98 Å². The van der Waals surface area contributed by atoms with E-state index in [1.807, 2.05) is 12.2 Å². The first-order valence-electron chi connectivity index (χ1n) is 20.1. The Morgan fingerprint density at radius 3 is 1.11 bits per heavy atom. The molecule has 0 aliphatic carbocycles. The molecule has 0 spiro atoms. The zero-order valence-electron chi connectivity index (χ0n) is 33.9. The van der Waals surface area contributed by atoms with Crippen molar-refractivity contribution in [1.82, 2.24) is 5.45 Å².